The van der Waals surface area contributed by atoms with Crippen LogP contribution in [0.25, 0.3) is 0 Å². The van der Waals surface area contributed by atoms with Gasteiger partial charge in [-0.25, -0.2) is 4.79 Å². The van der Waals surface area contributed by atoms with E-state index in [9.17, 15) is 9.90 Å². The van der Waals surface area contributed by atoms with E-state index in [-0.39, 0.29) is 17.6 Å². The number of aliphatic hydroxyl groups is 1. The third-order valence-corrected chi connectivity index (χ3v) is 3.95. The number of nitrogens with zero attached hydrogens (tertiary/aromatic N) is 1. The molecule has 1 fully saturated rings. The van der Waals surface area contributed by atoms with Gasteiger partial charge in [-0.05, 0) is 29.4 Å². The van der Waals surface area contributed by atoms with Crippen LogP contribution in [-0.2, 0) is 12.0 Å². The maximum absolute atomic E-state index is 12.0. The van der Waals surface area contributed by atoms with Crippen LogP contribution in [0.5, 0.6) is 0 Å². The standard InChI is InChI=1S/C17H26N2O2/c1-17(2,3)14-8-6-13(7-9-14)11-18-16(21)19-10-4-5-15(20)12-19/h6-9,15,20H,4-5,10-12H2,1-3H3,(H,18,21). The molecule has 1 aromatic carbocycles. The van der Waals surface area contributed by atoms with E-state index in [2.05, 4.69) is 50.4 Å². The first-order chi connectivity index (χ1) is 9.86. The minimum atomic E-state index is -0.379. The monoisotopic (exact) mass is 290 g/mol. The highest BCUT2D eigenvalue weighted by Gasteiger charge is 2.21. The first-order valence-electron chi connectivity index (χ1n) is 7.66. The van der Waals surface area contributed by atoms with E-state index in [1.54, 1.807) is 4.90 Å². The summed E-state index contributed by atoms with van der Waals surface area (Å²) in [7, 11) is 0. The molecule has 0 aliphatic carbocycles. The number of piperidine rings is 1. The lowest BCUT2D eigenvalue weighted by Crippen LogP contribution is -2.46. The van der Waals surface area contributed by atoms with Crippen LogP contribution in [0.2, 0.25) is 0 Å². The minimum absolute atomic E-state index is 0.0892. The normalized spacial score (nSPS) is 19.4. The number of likely N-dealkylation sites (tertiary alicyclic amines) is 1. The lowest BCUT2D eigenvalue weighted by atomic mass is 9.87. The van der Waals surface area contributed by atoms with Crippen LogP contribution in [0.3, 0.4) is 0 Å². The zero-order chi connectivity index (χ0) is 15.5. The number of amides is 2. The quantitative estimate of drug-likeness (QED) is 0.880. The average Bonchev–Trinajstić information content (AvgIpc) is 2.44. The van der Waals surface area contributed by atoms with E-state index in [1.165, 1.54) is 5.56 Å². The van der Waals surface area contributed by atoms with Crippen molar-refractivity contribution in [2.75, 3.05) is 13.1 Å². The Labute approximate surface area is 127 Å². The predicted octanol–water partition coefficient (Wildman–Crippen LogP) is 2.65. The molecule has 1 heterocycles. The number of carbonyl (C=O) groups excluding carboxylic acids is 1. The zero-order valence-corrected chi connectivity index (χ0v) is 13.2. The molecule has 1 unspecified atom stereocenters. The molecule has 1 aliphatic rings. The molecule has 1 saturated heterocycles. The highest BCUT2D eigenvalue weighted by atomic mass is 16.3. The zero-order valence-electron chi connectivity index (χ0n) is 13.2. The molecule has 0 radical (unpaired) electrons. The molecular weight excluding hydrogens is 264 g/mol. The topological polar surface area (TPSA) is 52.6 Å². The summed E-state index contributed by atoms with van der Waals surface area (Å²) < 4.78 is 0. The van der Waals surface area contributed by atoms with Crippen LogP contribution >= 0.6 is 0 Å². The molecule has 2 amide bonds. The molecule has 1 aliphatic heterocycles. The number of hydrogen-bond acceptors (Lipinski definition) is 2. The van der Waals surface area contributed by atoms with Crippen molar-refractivity contribution in [2.45, 2.75) is 51.7 Å². The van der Waals surface area contributed by atoms with Gasteiger partial charge in [-0.15, -0.1) is 0 Å². The van der Waals surface area contributed by atoms with Crippen molar-refractivity contribution < 1.29 is 9.90 Å². The van der Waals surface area contributed by atoms with Crippen molar-refractivity contribution in [2.24, 2.45) is 0 Å². The molecule has 0 aromatic heterocycles. The lowest BCUT2D eigenvalue weighted by Gasteiger charge is -2.30. The third-order valence-electron chi connectivity index (χ3n) is 3.95. The van der Waals surface area contributed by atoms with Crippen LogP contribution in [0.1, 0.15) is 44.7 Å². The fourth-order valence-electron chi connectivity index (χ4n) is 2.55. The van der Waals surface area contributed by atoms with Gasteiger partial charge >= 0.3 is 6.03 Å². The maximum atomic E-state index is 12.0. The molecule has 2 N–H and O–H groups in total. The highest BCUT2D eigenvalue weighted by molar-refractivity contribution is 5.74. The fraction of sp³-hybridized carbons (Fsp3) is 0.588. The van der Waals surface area contributed by atoms with Crippen molar-refractivity contribution in [1.82, 2.24) is 10.2 Å². The Kier molecular flexibility index (Phi) is 4.88. The first-order valence-corrected chi connectivity index (χ1v) is 7.66. The van der Waals surface area contributed by atoms with Crippen molar-refractivity contribution in [3.63, 3.8) is 0 Å². The Morgan fingerprint density at radius 1 is 1.33 bits per heavy atom. The van der Waals surface area contributed by atoms with Gasteiger partial charge in [0.15, 0.2) is 0 Å². The summed E-state index contributed by atoms with van der Waals surface area (Å²) in [6, 6.07) is 8.27. The van der Waals surface area contributed by atoms with E-state index >= 15 is 0 Å². The second kappa shape index (κ2) is 6.48. The second-order valence-electron chi connectivity index (χ2n) is 6.85. The molecule has 4 nitrogen and oxygen atoms in total. The second-order valence-corrected chi connectivity index (χ2v) is 6.85. The number of rotatable bonds is 2. The number of aliphatic hydroxyl groups excluding tert-OH is 1. The number of β-amino-alcohol motifs (C(OH)–C–C–N with tert-alkyl or cyclic N) is 1. The molecule has 21 heavy (non-hydrogen) atoms. The Morgan fingerprint density at radius 3 is 2.57 bits per heavy atom. The molecule has 0 bridgehead atoms. The molecule has 0 saturated carbocycles. The number of nitrogens with one attached hydrogen (secondary N) is 1. The summed E-state index contributed by atoms with van der Waals surface area (Å²) in [5.41, 5.74) is 2.52. The fourth-order valence-corrected chi connectivity index (χ4v) is 2.55. The van der Waals surface area contributed by atoms with Gasteiger partial charge in [0.2, 0.25) is 0 Å². The molecule has 2 rings (SSSR count). The van der Waals surface area contributed by atoms with E-state index in [4.69, 9.17) is 0 Å². The SMILES string of the molecule is CC(C)(C)c1ccc(CNC(=O)N2CCCC(O)C2)cc1. The number of benzene rings is 1. The van der Waals surface area contributed by atoms with Crippen LogP contribution in [0.15, 0.2) is 24.3 Å². The minimum Gasteiger partial charge on any atom is -0.391 e. The van der Waals surface area contributed by atoms with Crippen LogP contribution in [-0.4, -0.2) is 35.2 Å². The summed E-state index contributed by atoms with van der Waals surface area (Å²) in [5.74, 6) is 0. The Balaban J connectivity index is 1.86. The van der Waals surface area contributed by atoms with Crippen LogP contribution in [0.4, 0.5) is 4.79 Å². The number of hydrogen-bond donors (Lipinski definition) is 2. The summed E-state index contributed by atoms with van der Waals surface area (Å²) >= 11 is 0. The van der Waals surface area contributed by atoms with Gasteiger partial charge in [0, 0.05) is 19.6 Å². The van der Waals surface area contributed by atoms with Gasteiger partial charge in [0.1, 0.15) is 0 Å². The molecule has 1 atom stereocenters. The van der Waals surface area contributed by atoms with E-state index in [1.807, 2.05) is 0 Å². The van der Waals surface area contributed by atoms with E-state index < -0.39 is 0 Å². The van der Waals surface area contributed by atoms with Gasteiger partial charge in [0.25, 0.3) is 0 Å². The highest BCUT2D eigenvalue weighted by Crippen LogP contribution is 2.22. The van der Waals surface area contributed by atoms with E-state index in [0.29, 0.717) is 13.1 Å². The number of carbonyl (C=O) groups is 1. The Hall–Kier alpha value is -1.55. The summed E-state index contributed by atoms with van der Waals surface area (Å²) in [4.78, 5) is 13.7. The molecular formula is C17H26N2O2. The maximum Gasteiger partial charge on any atom is 0.317 e. The van der Waals surface area contributed by atoms with Crippen molar-refractivity contribution in [3.05, 3.63) is 35.4 Å². The van der Waals surface area contributed by atoms with Gasteiger partial charge < -0.3 is 15.3 Å². The third kappa shape index (κ3) is 4.46. The van der Waals surface area contributed by atoms with Crippen molar-refractivity contribution in [1.29, 1.82) is 0 Å². The lowest BCUT2D eigenvalue weighted by molar-refractivity contribution is 0.0842. The van der Waals surface area contributed by atoms with Crippen LogP contribution < -0.4 is 5.32 Å². The Bertz CT molecular complexity index is 477. The molecule has 116 valence electrons. The Morgan fingerprint density at radius 2 is 2.00 bits per heavy atom. The summed E-state index contributed by atoms with van der Waals surface area (Å²) in [6.45, 7) is 8.25. The van der Waals surface area contributed by atoms with Gasteiger partial charge in [-0.2, -0.15) is 0 Å². The largest absolute Gasteiger partial charge is 0.391 e. The van der Waals surface area contributed by atoms with Gasteiger partial charge in [-0.3, -0.25) is 0 Å². The summed E-state index contributed by atoms with van der Waals surface area (Å²) in [6.07, 6.45) is 1.28. The average molecular weight is 290 g/mol. The van der Waals surface area contributed by atoms with Crippen LogP contribution in [0, 0.1) is 0 Å². The molecule has 1 aromatic rings. The first kappa shape index (κ1) is 15.8. The van der Waals surface area contributed by atoms with E-state index in [0.717, 1.165) is 24.9 Å². The predicted molar refractivity (Wildman–Crippen MR) is 84.2 cm³/mol. The molecule has 0 spiro atoms. The van der Waals surface area contributed by atoms with Crippen molar-refractivity contribution >= 4 is 6.03 Å². The summed E-state index contributed by atoms with van der Waals surface area (Å²) in [5, 5.41) is 12.5. The number of urea groups is 1. The smallest absolute Gasteiger partial charge is 0.317 e. The van der Waals surface area contributed by atoms with Gasteiger partial charge in [-0.1, -0.05) is 45.0 Å². The van der Waals surface area contributed by atoms with Crippen molar-refractivity contribution in [3.8, 4) is 0 Å². The van der Waals surface area contributed by atoms with Gasteiger partial charge in [0.05, 0.1) is 6.10 Å². The molecule has 4 heteroatoms.